The van der Waals surface area contributed by atoms with Crippen molar-refractivity contribution in [1.82, 2.24) is 0 Å². The second kappa shape index (κ2) is 4.77. The normalized spacial score (nSPS) is 29.2. The van der Waals surface area contributed by atoms with E-state index in [1.54, 1.807) is 5.56 Å². The number of benzene rings is 2. The van der Waals surface area contributed by atoms with Crippen LogP contribution in [0.4, 0.5) is 11.4 Å². The molecule has 0 aliphatic carbocycles. The molecule has 2 aromatic rings. The zero-order valence-electron chi connectivity index (χ0n) is 12.9. The number of anilines is 2. The first-order chi connectivity index (χ1) is 10.9. The molecule has 0 saturated carbocycles. The number of fused-ring (bicyclic) bond motifs is 6. The maximum absolute atomic E-state index is 2.70. The Morgan fingerprint density at radius 1 is 0.773 bits per heavy atom. The summed E-state index contributed by atoms with van der Waals surface area (Å²) in [6.45, 7) is 2.44. The van der Waals surface area contributed by atoms with E-state index in [9.17, 15) is 0 Å². The topological polar surface area (TPSA) is 6.48 Å². The average molecular weight is 290 g/mol. The molecule has 0 aromatic heterocycles. The van der Waals surface area contributed by atoms with E-state index in [2.05, 4.69) is 64.4 Å². The first-order valence-electron chi connectivity index (χ1n) is 8.61. The summed E-state index contributed by atoms with van der Waals surface area (Å²) in [5.74, 6) is 0.789. The number of hydrogen-bond donors (Lipinski definition) is 0. The smallest absolute Gasteiger partial charge is 0.0611 e. The van der Waals surface area contributed by atoms with Crippen molar-refractivity contribution in [3.05, 3.63) is 60.2 Å². The summed E-state index contributed by atoms with van der Waals surface area (Å²) in [6, 6.07) is 21.4. The molecule has 2 fully saturated rings. The van der Waals surface area contributed by atoms with E-state index < -0.39 is 0 Å². The van der Waals surface area contributed by atoms with E-state index in [0.717, 1.165) is 12.0 Å². The van der Waals surface area contributed by atoms with Crippen LogP contribution >= 0.6 is 0 Å². The minimum atomic E-state index is 0.568. The predicted molar refractivity (Wildman–Crippen MR) is 91.4 cm³/mol. The minimum absolute atomic E-state index is 0.568. The van der Waals surface area contributed by atoms with Gasteiger partial charge in [0.25, 0.3) is 0 Å². The van der Waals surface area contributed by atoms with Crippen LogP contribution < -0.4 is 9.80 Å². The maximum atomic E-state index is 2.70. The fourth-order valence-corrected chi connectivity index (χ4v) is 5.06. The Hall–Kier alpha value is -1.96. The van der Waals surface area contributed by atoms with Crippen LogP contribution in [0.1, 0.15) is 30.9 Å². The summed E-state index contributed by atoms with van der Waals surface area (Å²) in [5, 5.41) is 0. The average Bonchev–Trinajstić information content (AvgIpc) is 3.23. The van der Waals surface area contributed by atoms with Crippen molar-refractivity contribution < 1.29 is 0 Å². The van der Waals surface area contributed by atoms with Crippen molar-refractivity contribution in [2.45, 2.75) is 31.3 Å². The first-order valence-corrected chi connectivity index (χ1v) is 8.61. The van der Waals surface area contributed by atoms with Gasteiger partial charge < -0.3 is 9.80 Å². The lowest BCUT2D eigenvalue weighted by atomic mass is 9.81. The molecule has 3 atom stereocenters. The Morgan fingerprint density at radius 3 is 2.50 bits per heavy atom. The molecule has 2 nitrogen and oxygen atoms in total. The van der Waals surface area contributed by atoms with Gasteiger partial charge in [0, 0.05) is 36.4 Å². The van der Waals surface area contributed by atoms with Crippen LogP contribution in [0.2, 0.25) is 0 Å². The number of rotatable bonds is 1. The van der Waals surface area contributed by atoms with Crippen LogP contribution in [-0.2, 0) is 0 Å². The highest BCUT2D eigenvalue weighted by Gasteiger charge is 2.48. The standard InChI is InChI=1S/C20H22N2/c1-2-7-15(8-3-1)21-14-12-17-19-11-6-13-22(19)18-10-5-4-9-16(18)20(17)21/h1-5,7-10,17,19-20H,6,11-14H2. The third kappa shape index (κ3) is 1.67. The third-order valence-corrected chi connectivity index (χ3v) is 5.89. The number of hydrogen-bond acceptors (Lipinski definition) is 2. The summed E-state index contributed by atoms with van der Waals surface area (Å²) in [6.07, 6.45) is 4.06. The Balaban J connectivity index is 1.64. The Bertz CT molecular complexity index is 681. The SMILES string of the molecule is c1ccc(N2CCC3C4CCCN4c4ccccc4C32)cc1. The lowest BCUT2D eigenvalue weighted by Gasteiger charge is -2.44. The minimum Gasteiger partial charge on any atom is -0.368 e. The van der Waals surface area contributed by atoms with Gasteiger partial charge in [0.15, 0.2) is 0 Å². The summed E-state index contributed by atoms with van der Waals surface area (Å²) in [4.78, 5) is 5.35. The van der Waals surface area contributed by atoms with Gasteiger partial charge in [-0.25, -0.2) is 0 Å². The quantitative estimate of drug-likeness (QED) is 0.775. The second-order valence-corrected chi connectivity index (χ2v) is 6.89. The van der Waals surface area contributed by atoms with Crippen molar-refractivity contribution in [2.75, 3.05) is 22.9 Å². The molecule has 3 unspecified atom stereocenters. The van der Waals surface area contributed by atoms with Gasteiger partial charge in [-0.2, -0.15) is 0 Å². The molecule has 2 heteroatoms. The van der Waals surface area contributed by atoms with Crippen molar-refractivity contribution in [2.24, 2.45) is 5.92 Å². The molecule has 0 radical (unpaired) electrons. The van der Waals surface area contributed by atoms with Gasteiger partial charge in [-0.3, -0.25) is 0 Å². The van der Waals surface area contributed by atoms with Crippen LogP contribution in [0.5, 0.6) is 0 Å². The fourth-order valence-electron chi connectivity index (χ4n) is 5.06. The highest BCUT2D eigenvalue weighted by atomic mass is 15.3. The second-order valence-electron chi connectivity index (χ2n) is 6.89. The van der Waals surface area contributed by atoms with Gasteiger partial charge in [-0.1, -0.05) is 36.4 Å². The molecule has 3 aliphatic rings. The van der Waals surface area contributed by atoms with Crippen LogP contribution in [0, 0.1) is 5.92 Å². The van der Waals surface area contributed by atoms with E-state index in [1.165, 1.54) is 43.7 Å². The van der Waals surface area contributed by atoms with Gasteiger partial charge in [-0.05, 0) is 43.0 Å². The van der Waals surface area contributed by atoms with E-state index >= 15 is 0 Å². The molecule has 5 rings (SSSR count). The lowest BCUT2D eigenvalue weighted by Crippen LogP contribution is -2.44. The maximum Gasteiger partial charge on any atom is 0.0611 e. The third-order valence-electron chi connectivity index (χ3n) is 5.89. The molecule has 0 spiro atoms. The molecule has 112 valence electrons. The van der Waals surface area contributed by atoms with Gasteiger partial charge in [0.05, 0.1) is 6.04 Å². The van der Waals surface area contributed by atoms with Crippen LogP contribution in [0.25, 0.3) is 0 Å². The van der Waals surface area contributed by atoms with Crippen molar-refractivity contribution >= 4 is 11.4 Å². The zero-order valence-corrected chi connectivity index (χ0v) is 12.9. The lowest BCUT2D eigenvalue weighted by molar-refractivity contribution is 0.374. The van der Waals surface area contributed by atoms with Crippen molar-refractivity contribution in [3.63, 3.8) is 0 Å². The summed E-state index contributed by atoms with van der Waals surface area (Å²) >= 11 is 0. The zero-order chi connectivity index (χ0) is 14.5. The van der Waals surface area contributed by atoms with Crippen LogP contribution in [0.15, 0.2) is 54.6 Å². The van der Waals surface area contributed by atoms with Crippen molar-refractivity contribution in [1.29, 1.82) is 0 Å². The van der Waals surface area contributed by atoms with E-state index in [4.69, 9.17) is 0 Å². The summed E-state index contributed by atoms with van der Waals surface area (Å²) in [7, 11) is 0. The van der Waals surface area contributed by atoms with Gasteiger partial charge in [-0.15, -0.1) is 0 Å². The number of nitrogens with zero attached hydrogens (tertiary/aromatic N) is 2. The molecular weight excluding hydrogens is 268 g/mol. The molecule has 0 bridgehead atoms. The molecule has 0 amide bonds. The van der Waals surface area contributed by atoms with E-state index in [1.807, 2.05) is 0 Å². The number of para-hydroxylation sites is 2. The van der Waals surface area contributed by atoms with Crippen molar-refractivity contribution in [3.8, 4) is 0 Å². The molecule has 2 saturated heterocycles. The van der Waals surface area contributed by atoms with Crippen LogP contribution in [-0.4, -0.2) is 19.1 Å². The van der Waals surface area contributed by atoms with Gasteiger partial charge >= 0.3 is 0 Å². The Morgan fingerprint density at radius 2 is 1.59 bits per heavy atom. The molecule has 3 aliphatic heterocycles. The summed E-state index contributed by atoms with van der Waals surface area (Å²) < 4.78 is 0. The molecule has 2 aromatic carbocycles. The highest BCUT2D eigenvalue weighted by molar-refractivity contribution is 5.63. The monoisotopic (exact) mass is 290 g/mol. The largest absolute Gasteiger partial charge is 0.368 e. The molecular formula is C20H22N2. The molecule has 0 N–H and O–H groups in total. The predicted octanol–water partition coefficient (Wildman–Crippen LogP) is 4.24. The highest BCUT2D eigenvalue weighted by Crippen LogP contribution is 2.52. The summed E-state index contributed by atoms with van der Waals surface area (Å²) in [5.41, 5.74) is 4.43. The fraction of sp³-hybridized carbons (Fsp3) is 0.400. The van der Waals surface area contributed by atoms with E-state index in [0.29, 0.717) is 6.04 Å². The van der Waals surface area contributed by atoms with E-state index in [-0.39, 0.29) is 0 Å². The van der Waals surface area contributed by atoms with Crippen LogP contribution in [0.3, 0.4) is 0 Å². The Kier molecular flexibility index (Phi) is 2.73. The molecule has 22 heavy (non-hydrogen) atoms. The Labute approximate surface area is 132 Å². The van der Waals surface area contributed by atoms with Gasteiger partial charge in [0.2, 0.25) is 0 Å². The first kappa shape index (κ1) is 12.6. The van der Waals surface area contributed by atoms with Gasteiger partial charge in [0.1, 0.15) is 0 Å². The molecule has 3 heterocycles.